The number of carbonyl (C=O) groups is 1. The van der Waals surface area contributed by atoms with Crippen molar-refractivity contribution in [1.82, 2.24) is 9.21 Å². The lowest BCUT2D eigenvalue weighted by Crippen LogP contribution is -2.31. The van der Waals surface area contributed by atoms with Crippen molar-refractivity contribution in [3.63, 3.8) is 0 Å². The topological polar surface area (TPSA) is 70.8 Å². The number of hydrogen-bond acceptors (Lipinski definition) is 4. The minimum atomic E-state index is -3.45. The molecule has 0 saturated carbocycles. The van der Waals surface area contributed by atoms with Crippen molar-refractivity contribution < 1.29 is 17.6 Å². The van der Waals surface area contributed by atoms with Crippen LogP contribution < -0.4 is 0 Å². The van der Waals surface area contributed by atoms with E-state index in [1.165, 1.54) is 6.08 Å². The van der Waals surface area contributed by atoms with E-state index >= 15 is 0 Å². The summed E-state index contributed by atoms with van der Waals surface area (Å²) in [6, 6.07) is 10.3. The molecule has 0 radical (unpaired) electrons. The van der Waals surface area contributed by atoms with Crippen LogP contribution in [0.5, 0.6) is 0 Å². The lowest BCUT2D eigenvalue weighted by Gasteiger charge is -2.19. The van der Waals surface area contributed by atoms with Gasteiger partial charge in [-0.05, 0) is 48.7 Å². The van der Waals surface area contributed by atoms with Crippen molar-refractivity contribution in [1.29, 1.82) is 0 Å². The van der Waals surface area contributed by atoms with Gasteiger partial charge >= 0.3 is 0 Å². The predicted molar refractivity (Wildman–Crippen MR) is 108 cm³/mol. The Kier molecular flexibility index (Phi) is 6.70. The van der Waals surface area contributed by atoms with Crippen molar-refractivity contribution in [2.24, 2.45) is 0 Å². The molecular formula is C21H26N2O4S. The van der Waals surface area contributed by atoms with Crippen LogP contribution >= 0.6 is 0 Å². The Balaban J connectivity index is 1.63. The molecule has 0 unspecified atom stereocenters. The molecule has 0 spiro atoms. The summed E-state index contributed by atoms with van der Waals surface area (Å²) in [6.45, 7) is 1.56. The molecule has 3 rings (SSSR count). The molecule has 28 heavy (non-hydrogen) atoms. The third kappa shape index (κ3) is 5.11. The molecule has 1 aromatic heterocycles. The van der Waals surface area contributed by atoms with Gasteiger partial charge in [-0.3, -0.25) is 4.79 Å². The molecule has 2 heterocycles. The molecule has 2 aromatic rings. The molecule has 1 aromatic carbocycles. The van der Waals surface area contributed by atoms with E-state index in [9.17, 15) is 13.2 Å². The summed E-state index contributed by atoms with van der Waals surface area (Å²) in [7, 11) is -1.75. The van der Waals surface area contributed by atoms with Gasteiger partial charge in [-0.2, -0.15) is 4.31 Å². The number of sulfonamides is 1. The Labute approximate surface area is 166 Å². The summed E-state index contributed by atoms with van der Waals surface area (Å²) in [6.07, 6.45) is 8.72. The number of hydrogen-bond donors (Lipinski definition) is 0. The fourth-order valence-corrected chi connectivity index (χ4v) is 4.71. The van der Waals surface area contributed by atoms with Crippen LogP contribution in [-0.2, 0) is 21.4 Å². The molecule has 1 saturated heterocycles. The highest BCUT2D eigenvalue weighted by atomic mass is 32.2. The minimum absolute atomic E-state index is 0.155. The Morgan fingerprint density at radius 2 is 1.79 bits per heavy atom. The van der Waals surface area contributed by atoms with E-state index in [4.69, 9.17) is 4.42 Å². The maximum atomic E-state index is 12.8. The summed E-state index contributed by atoms with van der Waals surface area (Å²) >= 11 is 0. The van der Waals surface area contributed by atoms with Crippen LogP contribution in [0.3, 0.4) is 0 Å². The largest absolute Gasteiger partial charge is 0.467 e. The fourth-order valence-electron chi connectivity index (χ4n) is 3.19. The van der Waals surface area contributed by atoms with Crippen LogP contribution in [0.2, 0.25) is 0 Å². The highest BCUT2D eigenvalue weighted by molar-refractivity contribution is 7.89. The van der Waals surface area contributed by atoms with Crippen molar-refractivity contribution in [3.8, 4) is 0 Å². The smallest absolute Gasteiger partial charge is 0.246 e. The van der Waals surface area contributed by atoms with Gasteiger partial charge in [0.05, 0.1) is 17.7 Å². The molecule has 0 N–H and O–H groups in total. The zero-order valence-corrected chi connectivity index (χ0v) is 16.9. The lowest BCUT2D eigenvalue weighted by molar-refractivity contribution is -0.125. The summed E-state index contributed by atoms with van der Waals surface area (Å²) in [5.74, 6) is 0.560. The van der Waals surface area contributed by atoms with E-state index in [0.29, 0.717) is 30.3 Å². The quantitative estimate of drug-likeness (QED) is 0.693. The molecule has 6 nitrogen and oxygen atoms in total. The molecule has 7 heteroatoms. The average Bonchev–Trinajstić information content (AvgIpc) is 3.04. The van der Waals surface area contributed by atoms with Gasteiger partial charge in [-0.25, -0.2) is 8.42 Å². The van der Waals surface area contributed by atoms with Crippen molar-refractivity contribution in [3.05, 3.63) is 60.1 Å². The maximum Gasteiger partial charge on any atom is 0.246 e. The average molecular weight is 403 g/mol. The first-order valence-corrected chi connectivity index (χ1v) is 11.0. The molecule has 0 aliphatic carbocycles. The van der Waals surface area contributed by atoms with E-state index in [1.54, 1.807) is 58.9 Å². The summed E-state index contributed by atoms with van der Waals surface area (Å²) in [5, 5.41) is 0. The van der Waals surface area contributed by atoms with E-state index in [2.05, 4.69) is 0 Å². The van der Waals surface area contributed by atoms with Crippen molar-refractivity contribution >= 4 is 22.0 Å². The number of furan rings is 1. The van der Waals surface area contributed by atoms with Crippen LogP contribution in [0, 0.1) is 0 Å². The van der Waals surface area contributed by atoms with E-state index in [0.717, 1.165) is 31.2 Å². The number of benzene rings is 1. The Morgan fingerprint density at radius 1 is 1.11 bits per heavy atom. The van der Waals surface area contributed by atoms with Gasteiger partial charge < -0.3 is 9.32 Å². The summed E-state index contributed by atoms with van der Waals surface area (Å²) in [4.78, 5) is 14.1. The summed E-state index contributed by atoms with van der Waals surface area (Å²) in [5.41, 5.74) is 0.773. The highest BCUT2D eigenvalue weighted by Gasteiger charge is 2.24. The number of amides is 1. The molecule has 1 fully saturated rings. The van der Waals surface area contributed by atoms with Crippen LogP contribution in [0.15, 0.2) is 58.1 Å². The number of nitrogens with zero attached hydrogens (tertiary/aromatic N) is 2. The standard InChI is InChI=1S/C21H26N2O4S/c1-22(17-19-7-6-16-27-19)21(24)13-10-18-8-11-20(12-9-18)28(25,26)23-14-4-2-3-5-15-23/h6-13,16H,2-5,14-15,17H2,1H3/b13-10+. The molecule has 1 aliphatic heterocycles. The second-order valence-electron chi connectivity index (χ2n) is 6.99. The Morgan fingerprint density at radius 3 is 2.39 bits per heavy atom. The number of rotatable bonds is 6. The monoisotopic (exact) mass is 402 g/mol. The molecule has 150 valence electrons. The van der Waals surface area contributed by atoms with Gasteiger partial charge in [0.2, 0.25) is 15.9 Å². The maximum absolute atomic E-state index is 12.8. The number of carbonyl (C=O) groups excluding carboxylic acids is 1. The van der Waals surface area contributed by atoms with Crippen molar-refractivity contribution in [2.45, 2.75) is 37.1 Å². The highest BCUT2D eigenvalue weighted by Crippen LogP contribution is 2.21. The van der Waals surface area contributed by atoms with Crippen LogP contribution in [0.4, 0.5) is 0 Å². The molecule has 0 atom stereocenters. The summed E-state index contributed by atoms with van der Waals surface area (Å²) < 4.78 is 32.4. The van der Waals surface area contributed by atoms with E-state index < -0.39 is 10.0 Å². The first kappa shape index (κ1) is 20.4. The second-order valence-corrected chi connectivity index (χ2v) is 8.93. The first-order chi connectivity index (χ1) is 13.5. The van der Waals surface area contributed by atoms with Gasteiger partial charge in [-0.1, -0.05) is 25.0 Å². The fraction of sp³-hybridized carbons (Fsp3) is 0.381. The zero-order valence-electron chi connectivity index (χ0n) is 16.1. The minimum Gasteiger partial charge on any atom is -0.467 e. The SMILES string of the molecule is CN(Cc1ccco1)C(=O)/C=C/c1ccc(S(=O)(=O)N2CCCCCC2)cc1. The van der Waals surface area contributed by atoms with Gasteiger partial charge in [0.1, 0.15) is 5.76 Å². The van der Waals surface area contributed by atoms with Crippen molar-refractivity contribution in [2.75, 3.05) is 20.1 Å². The molecule has 1 aliphatic rings. The Hall–Kier alpha value is -2.38. The van der Waals surface area contributed by atoms with E-state index in [1.807, 2.05) is 6.07 Å². The van der Waals surface area contributed by atoms with Crippen LogP contribution in [0.1, 0.15) is 37.0 Å². The van der Waals surface area contributed by atoms with Gasteiger partial charge in [0, 0.05) is 26.2 Å². The first-order valence-electron chi connectivity index (χ1n) is 9.52. The lowest BCUT2D eigenvalue weighted by atomic mass is 10.2. The predicted octanol–water partition coefficient (Wildman–Crippen LogP) is 3.52. The van der Waals surface area contributed by atoms with E-state index in [-0.39, 0.29) is 5.91 Å². The van der Waals surface area contributed by atoms with Gasteiger partial charge in [0.25, 0.3) is 0 Å². The van der Waals surface area contributed by atoms with Gasteiger partial charge in [-0.15, -0.1) is 0 Å². The molecule has 1 amide bonds. The third-order valence-electron chi connectivity index (χ3n) is 4.85. The Bertz CT molecular complexity index is 894. The number of likely N-dealkylation sites (N-methyl/N-ethyl adjacent to an activating group) is 1. The van der Waals surface area contributed by atoms with Crippen LogP contribution in [0.25, 0.3) is 6.08 Å². The van der Waals surface area contributed by atoms with Gasteiger partial charge in [0.15, 0.2) is 0 Å². The zero-order chi connectivity index (χ0) is 20.0. The normalized spacial score (nSPS) is 16.2. The second kappa shape index (κ2) is 9.21. The molecule has 0 bridgehead atoms. The van der Waals surface area contributed by atoms with Crippen LogP contribution in [-0.4, -0.2) is 43.7 Å². The third-order valence-corrected chi connectivity index (χ3v) is 6.76. The molecular weight excluding hydrogens is 376 g/mol.